The maximum absolute atomic E-state index is 11.2. The molecular weight excluding hydrogens is 226 g/mol. The number of carbonyl (C=O) groups is 1. The van der Waals surface area contributed by atoms with Crippen LogP contribution < -0.4 is 5.32 Å². The van der Waals surface area contributed by atoms with E-state index in [4.69, 9.17) is 19.3 Å². The molecule has 17 heavy (non-hydrogen) atoms. The molecule has 0 radical (unpaired) electrons. The fourth-order valence-electron chi connectivity index (χ4n) is 1.01. The molecule has 1 amide bonds. The Morgan fingerprint density at radius 3 is 2.41 bits per heavy atom. The lowest BCUT2D eigenvalue weighted by Gasteiger charge is -2.20. The van der Waals surface area contributed by atoms with Crippen LogP contribution in [0.3, 0.4) is 0 Å². The highest BCUT2D eigenvalue weighted by Crippen LogP contribution is 2.06. The summed E-state index contributed by atoms with van der Waals surface area (Å²) in [5.41, 5.74) is -0.506. The molecule has 0 bridgehead atoms. The zero-order chi connectivity index (χ0) is 13.5. The Hall–Kier alpha value is -0.850. The van der Waals surface area contributed by atoms with Crippen LogP contribution in [0, 0.1) is 0 Å². The van der Waals surface area contributed by atoms with Crippen LogP contribution in [0.5, 0.6) is 0 Å². The SMILES string of the molecule is CC(O)OC(C)OCCNC(=O)OC(C)(C)C. The number of aliphatic hydroxyl groups is 1. The van der Waals surface area contributed by atoms with Gasteiger partial charge in [-0.3, -0.25) is 0 Å². The van der Waals surface area contributed by atoms with Crippen molar-refractivity contribution in [2.45, 2.75) is 52.8 Å². The molecule has 0 aromatic rings. The first kappa shape index (κ1) is 16.1. The number of nitrogens with one attached hydrogen (secondary N) is 1. The molecule has 6 heteroatoms. The predicted molar refractivity (Wildman–Crippen MR) is 62.4 cm³/mol. The Morgan fingerprint density at radius 2 is 1.94 bits per heavy atom. The number of ether oxygens (including phenoxy) is 3. The van der Waals surface area contributed by atoms with Gasteiger partial charge in [-0.05, 0) is 34.6 Å². The van der Waals surface area contributed by atoms with E-state index in [1.54, 1.807) is 27.7 Å². The van der Waals surface area contributed by atoms with Gasteiger partial charge in [0.25, 0.3) is 0 Å². The highest BCUT2D eigenvalue weighted by atomic mass is 16.7. The monoisotopic (exact) mass is 249 g/mol. The first-order valence-electron chi connectivity index (χ1n) is 5.62. The molecular formula is C11H23NO5. The van der Waals surface area contributed by atoms with Crippen molar-refractivity contribution >= 4 is 6.09 Å². The van der Waals surface area contributed by atoms with Crippen LogP contribution in [-0.4, -0.2) is 42.5 Å². The van der Waals surface area contributed by atoms with Crippen molar-refractivity contribution in [1.29, 1.82) is 0 Å². The van der Waals surface area contributed by atoms with Gasteiger partial charge < -0.3 is 24.6 Å². The number of amides is 1. The maximum Gasteiger partial charge on any atom is 0.407 e. The second-order valence-corrected chi connectivity index (χ2v) is 4.60. The van der Waals surface area contributed by atoms with Gasteiger partial charge in [-0.25, -0.2) is 4.79 Å². The fourth-order valence-corrected chi connectivity index (χ4v) is 1.01. The second-order valence-electron chi connectivity index (χ2n) is 4.60. The van der Waals surface area contributed by atoms with Crippen LogP contribution in [0.25, 0.3) is 0 Å². The van der Waals surface area contributed by atoms with Crippen molar-refractivity contribution in [3.05, 3.63) is 0 Å². The first-order valence-corrected chi connectivity index (χ1v) is 5.62. The van der Waals surface area contributed by atoms with E-state index in [9.17, 15) is 4.79 Å². The molecule has 6 nitrogen and oxygen atoms in total. The van der Waals surface area contributed by atoms with Gasteiger partial charge in [0.05, 0.1) is 6.61 Å². The highest BCUT2D eigenvalue weighted by molar-refractivity contribution is 5.67. The molecule has 0 aromatic carbocycles. The average Bonchev–Trinajstić information content (AvgIpc) is 2.08. The smallest absolute Gasteiger partial charge is 0.407 e. The van der Waals surface area contributed by atoms with Crippen LogP contribution >= 0.6 is 0 Å². The lowest BCUT2D eigenvalue weighted by Crippen LogP contribution is -2.35. The summed E-state index contributed by atoms with van der Waals surface area (Å²) in [6.45, 7) is 9.15. The van der Waals surface area contributed by atoms with Gasteiger partial charge in [-0.2, -0.15) is 0 Å². The van der Waals surface area contributed by atoms with E-state index in [1.807, 2.05) is 0 Å². The van der Waals surface area contributed by atoms with E-state index < -0.39 is 24.3 Å². The van der Waals surface area contributed by atoms with E-state index >= 15 is 0 Å². The Labute approximate surface area is 102 Å². The number of hydrogen-bond acceptors (Lipinski definition) is 5. The molecule has 0 saturated carbocycles. The maximum atomic E-state index is 11.2. The standard InChI is InChI=1S/C11H23NO5/c1-8(13)16-9(2)15-7-6-12-10(14)17-11(3,4)5/h8-9,13H,6-7H2,1-5H3,(H,12,14). The number of alkyl carbamates (subject to hydrolysis) is 1. The number of carbonyl (C=O) groups excluding carboxylic acids is 1. The van der Waals surface area contributed by atoms with Gasteiger partial charge in [-0.15, -0.1) is 0 Å². The minimum absolute atomic E-state index is 0.285. The van der Waals surface area contributed by atoms with E-state index in [0.717, 1.165) is 0 Å². The Kier molecular flexibility index (Phi) is 7.10. The summed E-state index contributed by atoms with van der Waals surface area (Å²) in [5.74, 6) is 0. The molecule has 0 aliphatic carbocycles. The summed E-state index contributed by atoms with van der Waals surface area (Å²) in [4.78, 5) is 11.2. The van der Waals surface area contributed by atoms with Crippen molar-refractivity contribution in [3.8, 4) is 0 Å². The molecule has 0 saturated heterocycles. The second kappa shape index (κ2) is 7.47. The van der Waals surface area contributed by atoms with E-state index in [0.29, 0.717) is 6.54 Å². The molecule has 2 N–H and O–H groups in total. The van der Waals surface area contributed by atoms with E-state index in [-0.39, 0.29) is 6.61 Å². The van der Waals surface area contributed by atoms with Crippen LogP contribution in [0.2, 0.25) is 0 Å². The molecule has 0 aliphatic rings. The van der Waals surface area contributed by atoms with E-state index in [1.165, 1.54) is 6.92 Å². The van der Waals surface area contributed by atoms with Crippen molar-refractivity contribution in [2.24, 2.45) is 0 Å². The third-order valence-corrected chi connectivity index (χ3v) is 1.51. The lowest BCUT2D eigenvalue weighted by molar-refractivity contribution is -0.212. The van der Waals surface area contributed by atoms with Crippen LogP contribution in [0.15, 0.2) is 0 Å². The molecule has 0 aliphatic heterocycles. The summed E-state index contributed by atoms with van der Waals surface area (Å²) in [5, 5.41) is 11.4. The van der Waals surface area contributed by atoms with Crippen LogP contribution in [0.4, 0.5) is 4.79 Å². The average molecular weight is 249 g/mol. The molecule has 102 valence electrons. The zero-order valence-electron chi connectivity index (χ0n) is 11.1. The molecule has 0 spiro atoms. The number of rotatable bonds is 6. The van der Waals surface area contributed by atoms with Gasteiger partial charge in [0, 0.05) is 6.54 Å². The Morgan fingerprint density at radius 1 is 1.35 bits per heavy atom. The van der Waals surface area contributed by atoms with Gasteiger partial charge in [0.15, 0.2) is 12.6 Å². The van der Waals surface area contributed by atoms with Crippen molar-refractivity contribution in [3.63, 3.8) is 0 Å². The summed E-state index contributed by atoms with van der Waals surface area (Å²) in [6, 6.07) is 0. The summed E-state index contributed by atoms with van der Waals surface area (Å²) < 4.78 is 15.1. The van der Waals surface area contributed by atoms with Crippen LogP contribution in [0.1, 0.15) is 34.6 Å². The van der Waals surface area contributed by atoms with Crippen molar-refractivity contribution in [2.75, 3.05) is 13.2 Å². The predicted octanol–water partition coefficient (Wildman–Crippen LogP) is 1.23. The van der Waals surface area contributed by atoms with Gasteiger partial charge in [-0.1, -0.05) is 0 Å². The highest BCUT2D eigenvalue weighted by Gasteiger charge is 2.15. The topological polar surface area (TPSA) is 77.0 Å². The quantitative estimate of drug-likeness (QED) is 0.547. The Bertz CT molecular complexity index is 224. The third kappa shape index (κ3) is 11.4. The van der Waals surface area contributed by atoms with E-state index in [2.05, 4.69) is 5.32 Å². The molecule has 0 aromatic heterocycles. The largest absolute Gasteiger partial charge is 0.444 e. The van der Waals surface area contributed by atoms with Gasteiger partial charge in [0.1, 0.15) is 5.60 Å². The fraction of sp³-hybridized carbons (Fsp3) is 0.909. The van der Waals surface area contributed by atoms with Crippen LogP contribution in [-0.2, 0) is 14.2 Å². The summed E-state index contributed by atoms with van der Waals surface area (Å²) >= 11 is 0. The normalized spacial score (nSPS) is 15.2. The Balaban J connectivity index is 3.55. The molecule has 2 unspecified atom stereocenters. The minimum Gasteiger partial charge on any atom is -0.444 e. The molecule has 0 heterocycles. The first-order chi connectivity index (χ1) is 7.70. The summed E-state index contributed by atoms with van der Waals surface area (Å²) in [7, 11) is 0. The van der Waals surface area contributed by atoms with Crippen molar-refractivity contribution in [1.82, 2.24) is 5.32 Å². The van der Waals surface area contributed by atoms with Gasteiger partial charge in [0.2, 0.25) is 0 Å². The minimum atomic E-state index is -0.871. The van der Waals surface area contributed by atoms with Gasteiger partial charge >= 0.3 is 6.09 Å². The molecule has 0 fully saturated rings. The number of hydrogen-bond donors (Lipinski definition) is 2. The lowest BCUT2D eigenvalue weighted by atomic mass is 10.2. The molecule has 2 atom stereocenters. The summed E-state index contributed by atoms with van der Waals surface area (Å²) in [6.07, 6.45) is -1.87. The molecule has 0 rings (SSSR count). The number of aliphatic hydroxyl groups excluding tert-OH is 1. The van der Waals surface area contributed by atoms with Crippen molar-refractivity contribution < 1.29 is 24.1 Å². The zero-order valence-corrected chi connectivity index (χ0v) is 11.1. The third-order valence-electron chi connectivity index (χ3n) is 1.51.